The molecule has 1 aromatic heterocycles. The molecule has 0 saturated heterocycles. The third-order valence-corrected chi connectivity index (χ3v) is 1.19. The van der Waals surface area contributed by atoms with Gasteiger partial charge in [-0.25, -0.2) is 18.7 Å². The fraction of sp³-hybridized carbons (Fsp3) is 0.500. The van der Waals surface area contributed by atoms with Crippen LogP contribution in [0, 0.1) is 0 Å². The molecule has 15 heavy (non-hydrogen) atoms. The SMILES string of the molecule is Cl.[2H]c1nc([2H])c(C([2H])([2H])N)c(OCC(C)(F)F)n1. The molecule has 0 aliphatic rings. The highest BCUT2D eigenvalue weighted by molar-refractivity contribution is 5.85. The Morgan fingerprint density at radius 3 is 2.93 bits per heavy atom. The van der Waals surface area contributed by atoms with E-state index in [1.54, 1.807) is 0 Å². The van der Waals surface area contributed by atoms with E-state index in [1.807, 2.05) is 0 Å². The van der Waals surface area contributed by atoms with E-state index in [0.717, 1.165) is 0 Å². The second-order valence-corrected chi connectivity index (χ2v) is 2.62. The van der Waals surface area contributed by atoms with Crippen LogP contribution in [-0.4, -0.2) is 22.5 Å². The van der Waals surface area contributed by atoms with Crippen LogP contribution >= 0.6 is 12.4 Å². The minimum atomic E-state index is -3.16. The van der Waals surface area contributed by atoms with Crippen molar-refractivity contribution in [1.29, 1.82) is 0 Å². The molecule has 0 fully saturated rings. The summed E-state index contributed by atoms with van der Waals surface area (Å²) in [7, 11) is 0. The Labute approximate surface area is 97.9 Å². The van der Waals surface area contributed by atoms with Crippen molar-refractivity contribution < 1.29 is 19.0 Å². The number of aromatic nitrogens is 2. The number of hydrogen-bond donors (Lipinski definition) is 1. The molecule has 0 radical (unpaired) electrons. The summed E-state index contributed by atoms with van der Waals surface area (Å²) in [4.78, 5) is 6.64. The van der Waals surface area contributed by atoms with Crippen LogP contribution in [0.2, 0.25) is 0 Å². The van der Waals surface area contributed by atoms with E-state index >= 15 is 0 Å². The standard InChI is InChI=1S/C8H11F2N3O.ClH/c1-8(9,10)4-14-7-6(2-11)3-12-5-13-7;/h3,5H,2,4,11H2,1H3;1H/i2D2,3D,5D;. The Bertz CT molecular complexity index is 453. The van der Waals surface area contributed by atoms with Gasteiger partial charge in [-0.3, -0.25) is 0 Å². The molecule has 0 atom stereocenters. The number of hydrogen-bond acceptors (Lipinski definition) is 4. The second kappa shape index (κ2) is 5.77. The van der Waals surface area contributed by atoms with Crippen LogP contribution in [0.4, 0.5) is 8.78 Å². The van der Waals surface area contributed by atoms with Crippen LogP contribution in [0.5, 0.6) is 5.88 Å². The molecule has 0 bridgehead atoms. The largest absolute Gasteiger partial charge is 0.471 e. The molecular weight excluding hydrogens is 228 g/mol. The Kier molecular flexibility index (Phi) is 3.15. The molecule has 0 aromatic carbocycles. The zero-order valence-electron chi connectivity index (χ0n) is 11.8. The van der Waals surface area contributed by atoms with Gasteiger partial charge in [0.15, 0.2) is 6.61 Å². The highest BCUT2D eigenvalue weighted by Gasteiger charge is 2.22. The molecule has 7 heteroatoms. The first-order valence-electron chi connectivity index (χ1n) is 5.66. The number of nitrogens with two attached hydrogens (primary N) is 1. The molecule has 4 nitrogen and oxygen atoms in total. The van der Waals surface area contributed by atoms with Crippen LogP contribution < -0.4 is 10.5 Å². The highest BCUT2D eigenvalue weighted by Crippen LogP contribution is 2.17. The Morgan fingerprint density at radius 1 is 1.73 bits per heavy atom. The quantitative estimate of drug-likeness (QED) is 0.868. The van der Waals surface area contributed by atoms with Crippen LogP contribution in [0.3, 0.4) is 0 Å². The van der Waals surface area contributed by atoms with Gasteiger partial charge in [0.2, 0.25) is 5.88 Å². The number of rotatable bonds is 4. The first-order valence-corrected chi connectivity index (χ1v) is 3.66. The summed E-state index contributed by atoms with van der Waals surface area (Å²) < 4.78 is 59.0. The monoisotopic (exact) mass is 243 g/mol. The molecule has 0 saturated carbocycles. The van der Waals surface area contributed by atoms with Crippen molar-refractivity contribution >= 4 is 12.4 Å². The number of halogens is 3. The lowest BCUT2D eigenvalue weighted by Crippen LogP contribution is -2.22. The third kappa shape index (κ3) is 4.85. The Hall–Kier alpha value is -1.01. The molecule has 86 valence electrons. The fourth-order valence-corrected chi connectivity index (χ4v) is 0.649. The van der Waals surface area contributed by atoms with Gasteiger partial charge in [0.25, 0.3) is 5.92 Å². The maximum Gasteiger partial charge on any atom is 0.278 e. The minimum absolute atomic E-state index is 0. The number of nitrogens with zero attached hydrogens (tertiary/aromatic N) is 2. The van der Waals surface area contributed by atoms with Gasteiger partial charge in [0.05, 0.1) is 1.37 Å². The first-order chi connectivity index (χ1) is 8.00. The van der Waals surface area contributed by atoms with Gasteiger partial charge >= 0.3 is 0 Å². The van der Waals surface area contributed by atoms with E-state index in [0.29, 0.717) is 6.92 Å². The first kappa shape index (κ1) is 8.18. The van der Waals surface area contributed by atoms with E-state index in [1.165, 1.54) is 0 Å². The van der Waals surface area contributed by atoms with Crippen LogP contribution in [0.15, 0.2) is 12.5 Å². The van der Waals surface area contributed by atoms with Crippen molar-refractivity contribution in [2.45, 2.75) is 19.3 Å². The molecule has 0 unspecified atom stereocenters. The molecule has 1 rings (SSSR count). The zero-order chi connectivity index (χ0) is 14.1. The maximum absolute atomic E-state index is 12.7. The van der Waals surface area contributed by atoms with Gasteiger partial charge in [-0.1, -0.05) is 0 Å². The van der Waals surface area contributed by atoms with Gasteiger partial charge < -0.3 is 10.5 Å². The fourth-order valence-electron chi connectivity index (χ4n) is 0.649. The van der Waals surface area contributed by atoms with Crippen molar-refractivity contribution in [2.24, 2.45) is 5.73 Å². The maximum atomic E-state index is 12.7. The van der Waals surface area contributed by atoms with E-state index in [-0.39, 0.29) is 12.4 Å². The van der Waals surface area contributed by atoms with Crippen molar-refractivity contribution in [3.8, 4) is 5.88 Å². The summed E-state index contributed by atoms with van der Waals surface area (Å²) in [5.41, 5.74) is 4.59. The molecule has 0 aliphatic heterocycles. The van der Waals surface area contributed by atoms with Gasteiger partial charge in [0.1, 0.15) is 7.67 Å². The van der Waals surface area contributed by atoms with Gasteiger partial charge in [-0.15, -0.1) is 12.4 Å². The average Bonchev–Trinajstić information content (AvgIpc) is 2.09. The molecule has 1 aromatic rings. The van der Waals surface area contributed by atoms with Crippen LogP contribution in [-0.2, 0) is 6.50 Å². The van der Waals surface area contributed by atoms with Gasteiger partial charge in [0, 0.05) is 27.9 Å². The lowest BCUT2D eigenvalue weighted by Gasteiger charge is -2.12. The molecular formula is C8H12ClF2N3O. The topological polar surface area (TPSA) is 61.0 Å². The molecule has 0 spiro atoms. The lowest BCUT2D eigenvalue weighted by molar-refractivity contribution is -0.0245. The summed E-state index contributed by atoms with van der Waals surface area (Å²) in [6.07, 6.45) is -1.31. The van der Waals surface area contributed by atoms with E-state index in [4.69, 9.17) is 11.2 Å². The van der Waals surface area contributed by atoms with E-state index in [2.05, 4.69) is 14.7 Å². The predicted molar refractivity (Wildman–Crippen MR) is 53.3 cm³/mol. The smallest absolute Gasteiger partial charge is 0.278 e. The molecule has 0 amide bonds. The summed E-state index contributed by atoms with van der Waals surface area (Å²) in [5.74, 6) is -3.78. The summed E-state index contributed by atoms with van der Waals surface area (Å²) in [5, 5.41) is 0. The van der Waals surface area contributed by atoms with Gasteiger partial charge in [-0.05, 0) is 0 Å². The van der Waals surface area contributed by atoms with Crippen LogP contribution in [0.25, 0.3) is 0 Å². The van der Waals surface area contributed by atoms with E-state index < -0.39 is 42.9 Å². The summed E-state index contributed by atoms with van der Waals surface area (Å²) in [6, 6.07) is 0. The second-order valence-electron chi connectivity index (χ2n) is 2.62. The lowest BCUT2D eigenvalue weighted by atomic mass is 10.3. The summed E-state index contributed by atoms with van der Waals surface area (Å²) in [6.45, 7) is -2.98. The Morgan fingerprint density at radius 2 is 2.40 bits per heavy atom. The predicted octanol–water partition coefficient (Wildman–Crippen LogP) is 1.39. The van der Waals surface area contributed by atoms with Crippen molar-refractivity contribution in [3.63, 3.8) is 0 Å². The molecule has 0 aliphatic carbocycles. The van der Waals surface area contributed by atoms with Crippen molar-refractivity contribution in [2.75, 3.05) is 6.61 Å². The number of alkyl halides is 2. The van der Waals surface area contributed by atoms with Gasteiger partial charge in [-0.2, -0.15) is 0 Å². The molecule has 2 N–H and O–H groups in total. The van der Waals surface area contributed by atoms with E-state index in [9.17, 15) is 8.78 Å². The normalized spacial score (nSPS) is 15.5. The summed E-state index contributed by atoms with van der Waals surface area (Å²) >= 11 is 0. The minimum Gasteiger partial charge on any atom is -0.471 e. The number of ether oxygens (including phenoxy) is 1. The Balaban J connectivity index is 0.00000324. The highest BCUT2D eigenvalue weighted by atomic mass is 35.5. The van der Waals surface area contributed by atoms with Crippen LogP contribution in [0.1, 0.15) is 18.0 Å². The van der Waals surface area contributed by atoms with Crippen molar-refractivity contribution in [3.05, 3.63) is 18.0 Å². The zero-order valence-corrected chi connectivity index (χ0v) is 8.57. The third-order valence-electron chi connectivity index (χ3n) is 1.19. The molecule has 1 heterocycles. The van der Waals surface area contributed by atoms with Crippen molar-refractivity contribution in [1.82, 2.24) is 9.97 Å². The average molecular weight is 244 g/mol.